The average Bonchev–Trinajstić information content (AvgIpc) is 2.86. The Morgan fingerprint density at radius 1 is 1.06 bits per heavy atom. The fourth-order valence-corrected chi connectivity index (χ4v) is 4.59. The molecule has 0 radical (unpaired) electrons. The van der Waals surface area contributed by atoms with Crippen molar-refractivity contribution in [2.75, 3.05) is 11.0 Å². The average molecular weight is 539 g/mol. The first-order valence-corrected chi connectivity index (χ1v) is 12.8. The van der Waals surface area contributed by atoms with Gasteiger partial charge in [-0.05, 0) is 48.9 Å². The summed E-state index contributed by atoms with van der Waals surface area (Å²) in [6, 6.07) is 10.6. The van der Waals surface area contributed by atoms with Gasteiger partial charge in [0.1, 0.15) is 11.7 Å². The summed E-state index contributed by atoms with van der Waals surface area (Å²) in [6.45, 7) is 0.805. The molecule has 1 N–H and O–H groups in total. The Morgan fingerprint density at radius 3 is 2.44 bits per heavy atom. The van der Waals surface area contributed by atoms with Crippen LogP contribution in [-0.2, 0) is 5.75 Å². The van der Waals surface area contributed by atoms with Crippen LogP contribution in [-0.4, -0.2) is 27.0 Å². The van der Waals surface area contributed by atoms with Gasteiger partial charge >= 0.3 is 6.18 Å². The molecule has 4 rings (SSSR count). The minimum atomic E-state index is -4.78. The second kappa shape index (κ2) is 10.5. The zero-order valence-electron chi connectivity index (χ0n) is 18.9. The molecule has 4 aromatic rings. The summed E-state index contributed by atoms with van der Waals surface area (Å²) in [4.78, 5) is 21.3. The van der Waals surface area contributed by atoms with Crippen molar-refractivity contribution in [2.24, 2.45) is 0 Å². The number of thioether (sulfide) groups is 1. The Bertz CT molecular complexity index is 1460. The number of pyridine rings is 1. The number of nitrogens with one attached hydrogen (secondary N) is 1. The molecule has 2 heterocycles. The molecule has 0 saturated heterocycles. The van der Waals surface area contributed by atoms with Crippen LogP contribution in [0.25, 0.3) is 22.2 Å². The van der Waals surface area contributed by atoms with E-state index in [1.165, 1.54) is 18.3 Å². The van der Waals surface area contributed by atoms with Gasteiger partial charge in [0.05, 0.1) is 11.3 Å². The van der Waals surface area contributed by atoms with E-state index in [1.54, 1.807) is 6.26 Å². The minimum Gasteiger partial charge on any atom is -0.327 e. The van der Waals surface area contributed by atoms with E-state index in [0.717, 1.165) is 42.3 Å². The molecule has 1 atom stereocenters. The lowest BCUT2D eigenvalue weighted by Gasteiger charge is -2.21. The predicted molar refractivity (Wildman–Crippen MR) is 133 cm³/mol. The number of benzene rings is 2. The third kappa shape index (κ3) is 5.19. The summed E-state index contributed by atoms with van der Waals surface area (Å²) in [6.07, 6.45) is -1.90. The number of aromatic nitrogens is 3. The fraction of sp³-hybridized carbons (Fsp3) is 0.208. The Hall–Kier alpha value is -3.12. The third-order valence-electron chi connectivity index (χ3n) is 5.43. The quantitative estimate of drug-likeness (QED) is 0.120. The molecule has 1 unspecified atom stereocenters. The Balaban J connectivity index is 1.77. The van der Waals surface area contributed by atoms with E-state index < -0.39 is 40.5 Å². The standard InChI is InChI=1S/C24H19F5N4OS2/c1-13(24(27,28)29)33-21-15(11-30-23(31-21)35-2)10-17(22(33)34)16-8-9-18(20(26)19(16)25)32-36-12-14-6-4-3-5-7-14/h3-11,13,32H,12H2,1-2H3. The molecule has 0 saturated carbocycles. The van der Waals surface area contributed by atoms with Crippen LogP contribution in [0.1, 0.15) is 18.5 Å². The highest BCUT2D eigenvalue weighted by Crippen LogP contribution is 2.34. The van der Waals surface area contributed by atoms with Gasteiger partial charge in [0.2, 0.25) is 0 Å². The van der Waals surface area contributed by atoms with Crippen LogP contribution in [0.4, 0.5) is 27.6 Å². The minimum absolute atomic E-state index is 0.0823. The van der Waals surface area contributed by atoms with Gasteiger partial charge in [-0.25, -0.2) is 18.7 Å². The number of halogens is 5. The van der Waals surface area contributed by atoms with E-state index in [9.17, 15) is 22.4 Å². The normalized spacial score (nSPS) is 12.6. The van der Waals surface area contributed by atoms with Crippen molar-refractivity contribution in [2.45, 2.75) is 30.1 Å². The molecule has 0 aliphatic heterocycles. The van der Waals surface area contributed by atoms with Gasteiger partial charge in [-0.3, -0.25) is 9.36 Å². The lowest BCUT2D eigenvalue weighted by molar-refractivity contribution is -0.162. The first kappa shape index (κ1) is 26.0. The highest BCUT2D eigenvalue weighted by Gasteiger charge is 2.39. The summed E-state index contributed by atoms with van der Waals surface area (Å²) in [7, 11) is 0. The lowest BCUT2D eigenvalue weighted by Crippen LogP contribution is -2.34. The van der Waals surface area contributed by atoms with Gasteiger partial charge in [0.25, 0.3) is 5.56 Å². The predicted octanol–water partition coefficient (Wildman–Crippen LogP) is 6.84. The third-order valence-corrected chi connectivity index (χ3v) is 6.83. The van der Waals surface area contributed by atoms with Crippen molar-refractivity contribution in [1.29, 1.82) is 0 Å². The van der Waals surface area contributed by atoms with Crippen LogP contribution in [0.3, 0.4) is 0 Å². The topological polar surface area (TPSA) is 59.8 Å². The molecule has 12 heteroatoms. The first-order valence-electron chi connectivity index (χ1n) is 10.5. The molecule has 0 aliphatic rings. The highest BCUT2D eigenvalue weighted by atomic mass is 32.2. The highest BCUT2D eigenvalue weighted by molar-refractivity contribution is 7.99. The molecule has 2 aromatic heterocycles. The molecular formula is C24H19F5N4OS2. The molecule has 188 valence electrons. The van der Waals surface area contributed by atoms with E-state index in [-0.39, 0.29) is 21.9 Å². The fourth-order valence-electron chi connectivity index (χ4n) is 3.51. The SMILES string of the molecule is CSc1ncc2cc(-c3ccc(NSCc4ccccc4)c(F)c3F)c(=O)n(C(C)C(F)(F)F)c2n1. The molecule has 0 bridgehead atoms. The van der Waals surface area contributed by atoms with Crippen molar-refractivity contribution in [3.63, 3.8) is 0 Å². The summed E-state index contributed by atoms with van der Waals surface area (Å²) >= 11 is 2.23. The van der Waals surface area contributed by atoms with Gasteiger partial charge < -0.3 is 4.72 Å². The summed E-state index contributed by atoms with van der Waals surface area (Å²) in [5.41, 5.74) is -1.47. The number of rotatable bonds is 7. The van der Waals surface area contributed by atoms with E-state index in [0.29, 0.717) is 10.3 Å². The second-order valence-corrected chi connectivity index (χ2v) is 9.31. The smallest absolute Gasteiger partial charge is 0.327 e. The van der Waals surface area contributed by atoms with Gasteiger partial charge in [-0.1, -0.05) is 42.1 Å². The molecule has 0 aliphatic carbocycles. The van der Waals surface area contributed by atoms with Crippen LogP contribution < -0.4 is 10.3 Å². The van der Waals surface area contributed by atoms with Crippen molar-refractivity contribution < 1.29 is 22.0 Å². The largest absolute Gasteiger partial charge is 0.409 e. The number of alkyl halides is 3. The summed E-state index contributed by atoms with van der Waals surface area (Å²) in [5.74, 6) is -2.13. The van der Waals surface area contributed by atoms with Crippen LogP contribution in [0.5, 0.6) is 0 Å². The Labute approximate surface area is 211 Å². The summed E-state index contributed by atoms with van der Waals surface area (Å²) in [5, 5.41) is 0.248. The zero-order valence-corrected chi connectivity index (χ0v) is 20.6. The number of fused-ring (bicyclic) bond motifs is 1. The molecule has 2 aromatic carbocycles. The van der Waals surface area contributed by atoms with Crippen molar-refractivity contribution in [1.82, 2.24) is 14.5 Å². The van der Waals surface area contributed by atoms with Crippen LogP contribution in [0.15, 0.2) is 64.7 Å². The Kier molecular flexibility index (Phi) is 7.55. The maximum atomic E-state index is 15.1. The molecule has 0 amide bonds. The molecular weight excluding hydrogens is 519 g/mol. The lowest BCUT2D eigenvalue weighted by atomic mass is 10.0. The number of hydrogen-bond acceptors (Lipinski definition) is 6. The molecule has 0 fully saturated rings. The summed E-state index contributed by atoms with van der Waals surface area (Å²) < 4.78 is 74.1. The zero-order chi connectivity index (χ0) is 26.0. The van der Waals surface area contributed by atoms with Gasteiger partial charge in [-0.15, -0.1) is 0 Å². The molecule has 0 spiro atoms. The monoisotopic (exact) mass is 538 g/mol. The van der Waals surface area contributed by atoms with E-state index in [4.69, 9.17) is 0 Å². The van der Waals surface area contributed by atoms with Crippen LogP contribution >= 0.6 is 23.7 Å². The van der Waals surface area contributed by atoms with Gasteiger partial charge in [0, 0.05) is 22.9 Å². The van der Waals surface area contributed by atoms with E-state index in [1.807, 2.05) is 30.3 Å². The maximum absolute atomic E-state index is 15.1. The number of nitrogens with zero attached hydrogens (tertiary/aromatic N) is 3. The molecule has 5 nitrogen and oxygen atoms in total. The van der Waals surface area contributed by atoms with Crippen LogP contribution in [0.2, 0.25) is 0 Å². The van der Waals surface area contributed by atoms with Crippen molar-refractivity contribution in [3.05, 3.63) is 82.3 Å². The van der Waals surface area contributed by atoms with Crippen molar-refractivity contribution >= 4 is 40.4 Å². The van der Waals surface area contributed by atoms with E-state index >= 15 is 4.39 Å². The maximum Gasteiger partial charge on any atom is 0.409 e. The second-order valence-electron chi connectivity index (χ2n) is 7.75. The first-order chi connectivity index (χ1) is 17.1. The van der Waals surface area contributed by atoms with Gasteiger partial charge in [-0.2, -0.15) is 13.2 Å². The Morgan fingerprint density at radius 2 is 1.78 bits per heavy atom. The van der Waals surface area contributed by atoms with Gasteiger partial charge in [0.15, 0.2) is 16.8 Å². The number of anilines is 1. The number of hydrogen-bond donors (Lipinski definition) is 1. The molecule has 36 heavy (non-hydrogen) atoms. The van der Waals surface area contributed by atoms with Crippen molar-refractivity contribution in [3.8, 4) is 11.1 Å². The van der Waals surface area contributed by atoms with Crippen LogP contribution in [0, 0.1) is 11.6 Å². The van der Waals surface area contributed by atoms with E-state index in [2.05, 4.69) is 14.7 Å².